The standard InChI is InChI=1S/C14H14BrNO3/c1-8(17)19-14(2)13-10(6-7-18-14)9-4-3-5-11(15)12(9)16-13/h3-5,16H,6-7H2,1-2H3. The maximum absolute atomic E-state index is 11.3. The average molecular weight is 324 g/mol. The fraction of sp³-hybridized carbons (Fsp3) is 0.357. The summed E-state index contributed by atoms with van der Waals surface area (Å²) in [7, 11) is 0. The smallest absolute Gasteiger partial charge is 0.305 e. The predicted octanol–water partition coefficient (Wildman–Crippen LogP) is 3.24. The van der Waals surface area contributed by atoms with Crippen molar-refractivity contribution < 1.29 is 14.3 Å². The van der Waals surface area contributed by atoms with Gasteiger partial charge in [-0.25, -0.2) is 0 Å². The van der Waals surface area contributed by atoms with Crippen molar-refractivity contribution in [3.63, 3.8) is 0 Å². The largest absolute Gasteiger partial charge is 0.427 e. The molecule has 2 aromatic rings. The van der Waals surface area contributed by atoms with Crippen LogP contribution in [0.3, 0.4) is 0 Å². The quantitative estimate of drug-likeness (QED) is 0.820. The maximum atomic E-state index is 11.3. The van der Waals surface area contributed by atoms with Crippen LogP contribution >= 0.6 is 15.9 Å². The van der Waals surface area contributed by atoms with E-state index in [0.717, 1.165) is 33.1 Å². The molecule has 0 saturated heterocycles. The van der Waals surface area contributed by atoms with Crippen LogP contribution in [0.2, 0.25) is 0 Å². The monoisotopic (exact) mass is 323 g/mol. The number of fused-ring (bicyclic) bond motifs is 3. The summed E-state index contributed by atoms with van der Waals surface area (Å²) in [5.41, 5.74) is 3.00. The van der Waals surface area contributed by atoms with Gasteiger partial charge in [0.15, 0.2) is 0 Å². The number of carbonyl (C=O) groups excluding carboxylic acids is 1. The van der Waals surface area contributed by atoms with Crippen LogP contribution in [0.25, 0.3) is 10.9 Å². The van der Waals surface area contributed by atoms with E-state index < -0.39 is 5.79 Å². The highest BCUT2D eigenvalue weighted by atomic mass is 79.9. The molecule has 2 heterocycles. The molecule has 1 aromatic carbocycles. The molecule has 1 unspecified atom stereocenters. The predicted molar refractivity (Wildman–Crippen MR) is 74.8 cm³/mol. The molecular weight excluding hydrogens is 310 g/mol. The number of nitrogens with one attached hydrogen (secondary N) is 1. The van der Waals surface area contributed by atoms with Crippen LogP contribution in [0.1, 0.15) is 25.1 Å². The van der Waals surface area contributed by atoms with Gasteiger partial charge in [-0.1, -0.05) is 12.1 Å². The number of hydrogen-bond donors (Lipinski definition) is 1. The van der Waals surface area contributed by atoms with Crippen molar-refractivity contribution in [2.75, 3.05) is 6.61 Å². The first-order valence-electron chi connectivity index (χ1n) is 6.14. The van der Waals surface area contributed by atoms with Crippen molar-refractivity contribution in [1.29, 1.82) is 0 Å². The first kappa shape index (κ1) is 12.7. The van der Waals surface area contributed by atoms with Crippen LogP contribution in [-0.2, 0) is 26.5 Å². The number of benzene rings is 1. The van der Waals surface area contributed by atoms with Crippen LogP contribution in [-0.4, -0.2) is 17.6 Å². The molecule has 4 nitrogen and oxygen atoms in total. The first-order valence-corrected chi connectivity index (χ1v) is 6.93. The number of H-pyrrole nitrogens is 1. The van der Waals surface area contributed by atoms with Gasteiger partial charge in [-0.3, -0.25) is 4.79 Å². The third kappa shape index (κ3) is 1.97. The van der Waals surface area contributed by atoms with Gasteiger partial charge in [-0.15, -0.1) is 0 Å². The second-order valence-electron chi connectivity index (χ2n) is 4.78. The van der Waals surface area contributed by atoms with Crippen molar-refractivity contribution >= 4 is 32.8 Å². The lowest BCUT2D eigenvalue weighted by molar-refractivity contribution is -0.234. The molecular formula is C14H14BrNO3. The summed E-state index contributed by atoms with van der Waals surface area (Å²) in [6.07, 6.45) is 0.808. The average Bonchev–Trinajstić information content (AvgIpc) is 2.70. The molecule has 1 aliphatic rings. The summed E-state index contributed by atoms with van der Waals surface area (Å²) in [4.78, 5) is 14.6. The molecule has 5 heteroatoms. The Morgan fingerprint density at radius 1 is 1.53 bits per heavy atom. The van der Waals surface area contributed by atoms with Gasteiger partial charge >= 0.3 is 5.97 Å². The topological polar surface area (TPSA) is 51.3 Å². The van der Waals surface area contributed by atoms with E-state index in [-0.39, 0.29) is 5.97 Å². The fourth-order valence-electron chi connectivity index (χ4n) is 2.66. The number of esters is 1. The van der Waals surface area contributed by atoms with Crippen LogP contribution in [0.15, 0.2) is 22.7 Å². The van der Waals surface area contributed by atoms with Crippen LogP contribution in [0.5, 0.6) is 0 Å². The Balaban J connectivity index is 2.23. The number of halogens is 1. The van der Waals surface area contributed by atoms with Gasteiger partial charge in [-0.05, 0) is 34.0 Å². The number of aromatic nitrogens is 1. The number of aromatic amines is 1. The van der Waals surface area contributed by atoms with Crippen molar-refractivity contribution in [3.8, 4) is 0 Å². The Morgan fingerprint density at radius 3 is 3.05 bits per heavy atom. The third-order valence-corrected chi connectivity index (χ3v) is 4.07. The van der Waals surface area contributed by atoms with Gasteiger partial charge in [-0.2, -0.15) is 0 Å². The summed E-state index contributed by atoms with van der Waals surface area (Å²) < 4.78 is 12.0. The lowest BCUT2D eigenvalue weighted by Crippen LogP contribution is -2.36. The second-order valence-corrected chi connectivity index (χ2v) is 5.63. The molecule has 3 rings (SSSR count). The number of rotatable bonds is 1. The van der Waals surface area contributed by atoms with E-state index in [1.807, 2.05) is 12.1 Å². The summed E-state index contributed by atoms with van der Waals surface area (Å²) in [5.74, 6) is -1.38. The Morgan fingerprint density at radius 2 is 2.32 bits per heavy atom. The molecule has 0 fully saturated rings. The lowest BCUT2D eigenvalue weighted by Gasteiger charge is -2.32. The fourth-order valence-corrected chi connectivity index (χ4v) is 3.13. The Hall–Kier alpha value is -1.33. The minimum absolute atomic E-state index is 0.354. The van der Waals surface area contributed by atoms with Gasteiger partial charge < -0.3 is 14.5 Å². The summed E-state index contributed by atoms with van der Waals surface area (Å²) in [6.45, 7) is 3.70. The SMILES string of the molecule is CC(=O)OC1(C)OCCc2c1[nH]c1c(Br)cccc21. The maximum Gasteiger partial charge on any atom is 0.305 e. The van der Waals surface area contributed by atoms with E-state index >= 15 is 0 Å². The van der Waals surface area contributed by atoms with Gasteiger partial charge in [0, 0.05) is 23.7 Å². The normalized spacial score (nSPS) is 22.3. The molecule has 0 aliphatic carbocycles. The molecule has 0 spiro atoms. The Labute approximate surface area is 119 Å². The van der Waals surface area contributed by atoms with E-state index in [1.54, 1.807) is 6.92 Å². The molecule has 1 aromatic heterocycles. The molecule has 1 aliphatic heterocycles. The minimum Gasteiger partial charge on any atom is -0.427 e. The van der Waals surface area contributed by atoms with Crippen molar-refractivity contribution in [3.05, 3.63) is 33.9 Å². The number of ether oxygens (including phenoxy) is 2. The van der Waals surface area contributed by atoms with E-state index in [4.69, 9.17) is 9.47 Å². The molecule has 100 valence electrons. The molecule has 1 N–H and O–H groups in total. The van der Waals surface area contributed by atoms with E-state index in [1.165, 1.54) is 6.92 Å². The van der Waals surface area contributed by atoms with Gasteiger partial charge in [0.2, 0.25) is 0 Å². The zero-order chi connectivity index (χ0) is 13.6. The summed E-state index contributed by atoms with van der Waals surface area (Å²) in [6, 6.07) is 6.04. The lowest BCUT2D eigenvalue weighted by atomic mass is 10.0. The highest BCUT2D eigenvalue weighted by Crippen LogP contribution is 2.39. The molecule has 19 heavy (non-hydrogen) atoms. The van der Waals surface area contributed by atoms with Gasteiger partial charge in [0.25, 0.3) is 5.79 Å². The second kappa shape index (κ2) is 4.35. The summed E-state index contributed by atoms with van der Waals surface area (Å²) in [5, 5.41) is 1.14. The van der Waals surface area contributed by atoms with Crippen LogP contribution in [0.4, 0.5) is 0 Å². The Kier molecular flexibility index (Phi) is 2.91. The molecule has 0 amide bonds. The van der Waals surface area contributed by atoms with Crippen LogP contribution in [0, 0.1) is 0 Å². The van der Waals surface area contributed by atoms with Crippen LogP contribution < -0.4 is 0 Å². The Bertz CT molecular complexity index is 664. The third-order valence-electron chi connectivity index (χ3n) is 3.41. The highest BCUT2D eigenvalue weighted by Gasteiger charge is 2.39. The first-order chi connectivity index (χ1) is 9.01. The molecule has 0 saturated carbocycles. The zero-order valence-electron chi connectivity index (χ0n) is 10.7. The van der Waals surface area contributed by atoms with Crippen molar-refractivity contribution in [1.82, 2.24) is 4.98 Å². The van der Waals surface area contributed by atoms with Gasteiger partial charge in [0.05, 0.1) is 17.8 Å². The molecule has 1 atom stereocenters. The zero-order valence-corrected chi connectivity index (χ0v) is 12.3. The minimum atomic E-state index is -1.03. The van der Waals surface area contributed by atoms with E-state index in [9.17, 15) is 4.79 Å². The number of carbonyl (C=O) groups is 1. The molecule has 0 radical (unpaired) electrons. The van der Waals surface area contributed by atoms with E-state index in [2.05, 4.69) is 27.0 Å². The molecule has 0 bridgehead atoms. The van der Waals surface area contributed by atoms with E-state index in [0.29, 0.717) is 6.61 Å². The number of hydrogen-bond acceptors (Lipinski definition) is 3. The number of para-hydroxylation sites is 1. The van der Waals surface area contributed by atoms with Gasteiger partial charge in [0.1, 0.15) is 0 Å². The van der Waals surface area contributed by atoms with Crippen molar-refractivity contribution in [2.45, 2.75) is 26.1 Å². The summed E-state index contributed by atoms with van der Waals surface area (Å²) >= 11 is 3.53. The van der Waals surface area contributed by atoms with Crippen molar-refractivity contribution in [2.24, 2.45) is 0 Å². The highest BCUT2D eigenvalue weighted by molar-refractivity contribution is 9.10.